The summed E-state index contributed by atoms with van der Waals surface area (Å²) in [5, 5.41) is 5.03. The van der Waals surface area contributed by atoms with E-state index in [0.717, 1.165) is 44.9 Å². The Bertz CT molecular complexity index is 2550. The van der Waals surface area contributed by atoms with Crippen LogP contribution in [-0.4, -0.2) is 14.4 Å². The van der Waals surface area contributed by atoms with E-state index in [1.165, 1.54) is 38.2 Å². The van der Waals surface area contributed by atoms with E-state index >= 15 is 0 Å². The highest BCUT2D eigenvalue weighted by atomic mass is 15.0. The number of nitrogens with zero attached hydrogens (tertiary/aromatic N) is 3. The van der Waals surface area contributed by atoms with Crippen molar-refractivity contribution >= 4 is 27.2 Å². The maximum absolute atomic E-state index is 5.03. The Balaban J connectivity index is 1.22. The number of aromatic nitrogens is 3. The number of imidazole rings is 1. The molecule has 3 aromatic heterocycles. The molecular weight excluding hydrogens is 571 g/mol. The van der Waals surface area contributed by atoms with Gasteiger partial charge >= 0.3 is 0 Å². The Morgan fingerprint density at radius 2 is 1.02 bits per heavy atom. The summed E-state index contributed by atoms with van der Waals surface area (Å²) in [5.74, 6) is 0. The average Bonchev–Trinajstić information content (AvgIpc) is 3.55. The van der Waals surface area contributed by atoms with Crippen molar-refractivity contribution in [1.82, 2.24) is 14.4 Å². The first kappa shape index (κ1) is 27.0. The van der Waals surface area contributed by atoms with Crippen molar-refractivity contribution < 1.29 is 0 Å². The van der Waals surface area contributed by atoms with Crippen LogP contribution in [0.25, 0.3) is 83.1 Å². The average molecular weight is 600 g/mol. The first-order valence-electron chi connectivity index (χ1n) is 15.9. The molecule has 0 aliphatic heterocycles. The third kappa shape index (κ3) is 4.77. The van der Waals surface area contributed by atoms with Crippen molar-refractivity contribution in [2.45, 2.75) is 0 Å². The van der Waals surface area contributed by atoms with Gasteiger partial charge in [-0.15, -0.1) is 0 Å². The summed E-state index contributed by atoms with van der Waals surface area (Å²) >= 11 is 0. The molecule has 9 rings (SSSR count). The van der Waals surface area contributed by atoms with Crippen molar-refractivity contribution in [2.75, 3.05) is 0 Å². The first-order chi connectivity index (χ1) is 23.3. The van der Waals surface area contributed by atoms with E-state index in [1.807, 2.05) is 24.5 Å². The standard InChI is InChI=1S/C44H29N3/c1-2-10-32(11-3-1)43-44(47-25-9-8-16-42(47)46-43)33-19-17-30(18-20-33)35-26-36(31-21-23-45-24-22-31)28-37(27-35)41-29-34-12-4-5-13-38(34)39-14-6-7-15-40(39)41/h1-29H. The van der Waals surface area contributed by atoms with E-state index in [9.17, 15) is 0 Å². The first-order valence-corrected chi connectivity index (χ1v) is 15.9. The van der Waals surface area contributed by atoms with Crippen LogP contribution in [0.15, 0.2) is 176 Å². The lowest BCUT2D eigenvalue weighted by Crippen LogP contribution is -1.91. The van der Waals surface area contributed by atoms with Crippen LogP contribution in [0.3, 0.4) is 0 Å². The molecule has 0 aliphatic carbocycles. The molecule has 3 nitrogen and oxygen atoms in total. The molecule has 0 amide bonds. The van der Waals surface area contributed by atoms with E-state index in [0.29, 0.717) is 0 Å². The summed E-state index contributed by atoms with van der Waals surface area (Å²) in [4.78, 5) is 9.32. The number of fused-ring (bicyclic) bond motifs is 4. The number of rotatable bonds is 5. The van der Waals surface area contributed by atoms with E-state index < -0.39 is 0 Å². The molecule has 0 N–H and O–H groups in total. The SMILES string of the molecule is c1ccc(-c2nc3ccccn3c2-c2ccc(-c3cc(-c4ccncc4)cc(-c4cc5ccccc5c5ccccc45)c3)cc2)cc1. The lowest BCUT2D eigenvalue weighted by molar-refractivity contribution is 1.19. The minimum Gasteiger partial charge on any atom is -0.299 e. The summed E-state index contributed by atoms with van der Waals surface area (Å²) in [6.45, 7) is 0. The van der Waals surface area contributed by atoms with Crippen LogP contribution in [-0.2, 0) is 0 Å². The molecule has 3 heteroatoms. The van der Waals surface area contributed by atoms with Crippen molar-refractivity contribution in [3.8, 4) is 55.9 Å². The normalized spacial score (nSPS) is 11.4. The van der Waals surface area contributed by atoms with Gasteiger partial charge in [0, 0.05) is 29.7 Å². The fourth-order valence-corrected chi connectivity index (χ4v) is 6.84. The molecule has 0 saturated heterocycles. The zero-order valence-electron chi connectivity index (χ0n) is 25.6. The lowest BCUT2D eigenvalue weighted by Gasteiger charge is -2.15. The van der Waals surface area contributed by atoms with Crippen LogP contribution < -0.4 is 0 Å². The smallest absolute Gasteiger partial charge is 0.137 e. The molecule has 9 aromatic rings. The van der Waals surface area contributed by atoms with Crippen LogP contribution in [0.1, 0.15) is 0 Å². The quantitative estimate of drug-likeness (QED) is 0.184. The Hall–Kier alpha value is -6.32. The van der Waals surface area contributed by atoms with Crippen LogP contribution in [0, 0.1) is 0 Å². The van der Waals surface area contributed by atoms with E-state index in [2.05, 4.69) is 161 Å². The molecule has 220 valence electrons. The molecule has 0 aliphatic rings. The molecule has 0 radical (unpaired) electrons. The van der Waals surface area contributed by atoms with E-state index in [1.54, 1.807) is 0 Å². The predicted molar refractivity (Wildman–Crippen MR) is 195 cm³/mol. The van der Waals surface area contributed by atoms with Gasteiger partial charge in [0.25, 0.3) is 0 Å². The highest BCUT2D eigenvalue weighted by Gasteiger charge is 2.17. The largest absolute Gasteiger partial charge is 0.299 e. The molecule has 47 heavy (non-hydrogen) atoms. The van der Waals surface area contributed by atoms with Crippen LogP contribution >= 0.6 is 0 Å². The lowest BCUT2D eigenvalue weighted by atomic mass is 9.89. The van der Waals surface area contributed by atoms with E-state index in [4.69, 9.17) is 4.98 Å². The van der Waals surface area contributed by atoms with E-state index in [-0.39, 0.29) is 0 Å². The zero-order chi connectivity index (χ0) is 31.2. The molecule has 0 bridgehead atoms. The Morgan fingerprint density at radius 1 is 0.404 bits per heavy atom. The number of hydrogen-bond donors (Lipinski definition) is 0. The number of benzene rings is 6. The molecule has 0 saturated carbocycles. The second-order valence-electron chi connectivity index (χ2n) is 11.9. The molecule has 0 unspecified atom stereocenters. The number of pyridine rings is 2. The van der Waals surface area contributed by atoms with Crippen LogP contribution in [0.2, 0.25) is 0 Å². The summed E-state index contributed by atoms with van der Waals surface area (Å²) in [7, 11) is 0. The monoisotopic (exact) mass is 599 g/mol. The summed E-state index contributed by atoms with van der Waals surface area (Å²) in [5.41, 5.74) is 12.3. The Kier molecular flexibility index (Phi) is 6.46. The molecule has 6 aromatic carbocycles. The van der Waals surface area contributed by atoms with Gasteiger partial charge in [0.05, 0.1) is 11.4 Å². The van der Waals surface area contributed by atoms with Gasteiger partial charge < -0.3 is 0 Å². The fraction of sp³-hybridized carbons (Fsp3) is 0. The van der Waals surface area contributed by atoms with Crippen molar-refractivity contribution in [3.63, 3.8) is 0 Å². The van der Waals surface area contributed by atoms with Gasteiger partial charge in [-0.25, -0.2) is 4.98 Å². The zero-order valence-corrected chi connectivity index (χ0v) is 25.6. The molecule has 0 fully saturated rings. The van der Waals surface area contributed by atoms with Crippen molar-refractivity contribution in [3.05, 3.63) is 176 Å². The Morgan fingerprint density at radius 3 is 1.81 bits per heavy atom. The van der Waals surface area contributed by atoms with Gasteiger partial charge in [0.1, 0.15) is 5.65 Å². The minimum absolute atomic E-state index is 0.933. The highest BCUT2D eigenvalue weighted by molar-refractivity contribution is 6.14. The summed E-state index contributed by atoms with van der Waals surface area (Å²) in [6.07, 6.45) is 5.82. The summed E-state index contributed by atoms with van der Waals surface area (Å²) < 4.78 is 2.18. The maximum atomic E-state index is 5.03. The van der Waals surface area contributed by atoms with Gasteiger partial charge in [-0.2, -0.15) is 0 Å². The van der Waals surface area contributed by atoms with Crippen LogP contribution in [0.5, 0.6) is 0 Å². The van der Waals surface area contributed by atoms with Gasteiger partial charge in [0.15, 0.2) is 0 Å². The van der Waals surface area contributed by atoms with Gasteiger partial charge in [0.2, 0.25) is 0 Å². The highest BCUT2D eigenvalue weighted by Crippen LogP contribution is 2.40. The van der Waals surface area contributed by atoms with Crippen LogP contribution in [0.4, 0.5) is 0 Å². The van der Waals surface area contributed by atoms with Gasteiger partial charge in [-0.1, -0.05) is 109 Å². The minimum atomic E-state index is 0.933. The second-order valence-corrected chi connectivity index (χ2v) is 11.9. The fourth-order valence-electron chi connectivity index (χ4n) is 6.84. The maximum Gasteiger partial charge on any atom is 0.137 e. The van der Waals surface area contributed by atoms with Crippen molar-refractivity contribution in [2.24, 2.45) is 0 Å². The predicted octanol–water partition coefficient (Wildman–Crippen LogP) is 11.4. The van der Waals surface area contributed by atoms with Gasteiger partial charge in [-0.3, -0.25) is 9.38 Å². The Labute approximate surface area is 273 Å². The topological polar surface area (TPSA) is 30.2 Å². The number of hydrogen-bond acceptors (Lipinski definition) is 2. The third-order valence-corrected chi connectivity index (χ3v) is 9.09. The molecule has 0 spiro atoms. The van der Waals surface area contributed by atoms with Gasteiger partial charge in [-0.05, 0) is 103 Å². The molecular formula is C44H29N3. The molecule has 0 atom stereocenters. The second kappa shape index (κ2) is 11.2. The molecule has 3 heterocycles. The third-order valence-electron chi connectivity index (χ3n) is 9.09. The summed E-state index contributed by atoms with van der Waals surface area (Å²) in [6, 6.07) is 56.4. The van der Waals surface area contributed by atoms with Crippen molar-refractivity contribution in [1.29, 1.82) is 0 Å².